The number of nitrogen functional groups attached to an aromatic ring is 1. The van der Waals surface area contributed by atoms with E-state index in [-0.39, 0.29) is 5.54 Å². The second kappa shape index (κ2) is 4.37. The van der Waals surface area contributed by atoms with Gasteiger partial charge in [-0.2, -0.15) is 0 Å². The van der Waals surface area contributed by atoms with Gasteiger partial charge in [0.25, 0.3) is 0 Å². The van der Waals surface area contributed by atoms with E-state index in [1.165, 1.54) is 0 Å². The average Bonchev–Trinajstić information content (AvgIpc) is 2.78. The van der Waals surface area contributed by atoms with Gasteiger partial charge >= 0.3 is 0 Å². The van der Waals surface area contributed by atoms with Crippen LogP contribution in [0.15, 0.2) is 29.8 Å². The van der Waals surface area contributed by atoms with Crippen molar-refractivity contribution in [2.45, 2.75) is 26.3 Å². The number of para-hydroxylation sites is 1. The first-order valence-corrected chi connectivity index (χ1v) is 6.42. The van der Waals surface area contributed by atoms with Gasteiger partial charge in [-0.05, 0) is 32.4 Å². The maximum absolute atomic E-state index is 6.06. The standard InChI is InChI=1S/C13H17N3S/c1-9-5-4-6-10(11(9)14)16-13(2,3)12-15-7-8-17-12/h4-8,16H,14H2,1-3H3. The van der Waals surface area contributed by atoms with Gasteiger partial charge in [-0.1, -0.05) is 12.1 Å². The van der Waals surface area contributed by atoms with Gasteiger partial charge in [-0.25, -0.2) is 4.98 Å². The summed E-state index contributed by atoms with van der Waals surface area (Å²) in [6.45, 7) is 6.22. The maximum Gasteiger partial charge on any atom is 0.117 e. The van der Waals surface area contributed by atoms with E-state index in [0.717, 1.165) is 21.9 Å². The monoisotopic (exact) mass is 247 g/mol. The summed E-state index contributed by atoms with van der Waals surface area (Å²) in [6, 6.07) is 6.01. The van der Waals surface area contributed by atoms with Gasteiger partial charge in [0.1, 0.15) is 5.01 Å². The summed E-state index contributed by atoms with van der Waals surface area (Å²) in [5.41, 5.74) is 8.71. The van der Waals surface area contributed by atoms with Gasteiger partial charge in [0.2, 0.25) is 0 Å². The van der Waals surface area contributed by atoms with Crippen LogP contribution in [0.4, 0.5) is 11.4 Å². The molecule has 0 aliphatic heterocycles. The van der Waals surface area contributed by atoms with Crippen molar-refractivity contribution in [1.82, 2.24) is 4.98 Å². The van der Waals surface area contributed by atoms with Crippen LogP contribution in [0.5, 0.6) is 0 Å². The van der Waals surface area contributed by atoms with Crippen LogP contribution in [-0.4, -0.2) is 4.98 Å². The molecule has 0 saturated heterocycles. The molecule has 0 amide bonds. The Morgan fingerprint density at radius 3 is 2.76 bits per heavy atom. The summed E-state index contributed by atoms with van der Waals surface area (Å²) in [6.07, 6.45) is 1.82. The number of rotatable bonds is 3. The molecular weight excluding hydrogens is 230 g/mol. The van der Waals surface area contributed by atoms with E-state index in [9.17, 15) is 0 Å². The molecule has 0 saturated carbocycles. The summed E-state index contributed by atoms with van der Waals surface area (Å²) in [5, 5.41) is 6.49. The van der Waals surface area contributed by atoms with Crippen molar-refractivity contribution in [2.75, 3.05) is 11.1 Å². The van der Waals surface area contributed by atoms with E-state index in [1.807, 2.05) is 36.7 Å². The number of nitrogens with zero attached hydrogens (tertiary/aromatic N) is 1. The lowest BCUT2D eigenvalue weighted by atomic mass is 10.0. The topological polar surface area (TPSA) is 50.9 Å². The third-order valence-electron chi connectivity index (χ3n) is 2.74. The van der Waals surface area contributed by atoms with E-state index in [1.54, 1.807) is 11.3 Å². The Labute approximate surface area is 106 Å². The van der Waals surface area contributed by atoms with Gasteiger partial charge < -0.3 is 11.1 Å². The fraction of sp³-hybridized carbons (Fsp3) is 0.308. The molecule has 2 aromatic rings. The van der Waals surface area contributed by atoms with Crippen LogP contribution < -0.4 is 11.1 Å². The van der Waals surface area contributed by atoms with E-state index in [4.69, 9.17) is 5.73 Å². The van der Waals surface area contributed by atoms with Crippen LogP contribution in [0.25, 0.3) is 0 Å². The Bertz CT molecular complexity index is 503. The molecule has 2 rings (SSSR count). The predicted molar refractivity (Wildman–Crippen MR) is 74.4 cm³/mol. The molecule has 1 heterocycles. The Hall–Kier alpha value is -1.55. The molecule has 0 spiro atoms. The third kappa shape index (κ3) is 2.42. The second-order valence-corrected chi connectivity index (χ2v) is 5.52. The molecule has 90 valence electrons. The Morgan fingerprint density at radius 2 is 2.12 bits per heavy atom. The van der Waals surface area contributed by atoms with Crippen LogP contribution in [0.1, 0.15) is 24.4 Å². The molecule has 3 nitrogen and oxygen atoms in total. The molecular formula is C13H17N3S. The van der Waals surface area contributed by atoms with Crippen molar-refractivity contribution in [3.05, 3.63) is 40.3 Å². The summed E-state index contributed by atoms with van der Waals surface area (Å²) in [4.78, 5) is 4.35. The molecule has 1 aromatic carbocycles. The molecule has 0 unspecified atom stereocenters. The van der Waals surface area contributed by atoms with Crippen LogP contribution in [0, 0.1) is 6.92 Å². The van der Waals surface area contributed by atoms with Crippen molar-refractivity contribution in [3.8, 4) is 0 Å². The number of benzene rings is 1. The number of nitrogens with two attached hydrogens (primary N) is 1. The molecule has 0 radical (unpaired) electrons. The highest BCUT2D eigenvalue weighted by atomic mass is 32.1. The zero-order chi connectivity index (χ0) is 12.5. The van der Waals surface area contributed by atoms with Crippen LogP contribution >= 0.6 is 11.3 Å². The molecule has 0 atom stereocenters. The summed E-state index contributed by atoms with van der Waals surface area (Å²) in [5.74, 6) is 0. The van der Waals surface area contributed by atoms with Gasteiger partial charge in [0.05, 0.1) is 16.9 Å². The highest BCUT2D eigenvalue weighted by Crippen LogP contribution is 2.31. The largest absolute Gasteiger partial charge is 0.397 e. The van der Waals surface area contributed by atoms with Crippen LogP contribution in [0.2, 0.25) is 0 Å². The van der Waals surface area contributed by atoms with Crippen molar-refractivity contribution in [3.63, 3.8) is 0 Å². The fourth-order valence-electron chi connectivity index (χ4n) is 1.71. The maximum atomic E-state index is 6.06. The van der Waals surface area contributed by atoms with Crippen LogP contribution in [0.3, 0.4) is 0 Å². The number of aromatic nitrogens is 1. The molecule has 4 heteroatoms. The molecule has 0 bridgehead atoms. The minimum Gasteiger partial charge on any atom is -0.397 e. The SMILES string of the molecule is Cc1cccc(NC(C)(C)c2nccs2)c1N. The minimum absolute atomic E-state index is 0.212. The second-order valence-electron chi connectivity index (χ2n) is 4.62. The van der Waals surface area contributed by atoms with Gasteiger partial charge in [0, 0.05) is 11.6 Å². The van der Waals surface area contributed by atoms with Crippen molar-refractivity contribution < 1.29 is 0 Å². The normalized spacial score (nSPS) is 11.5. The lowest BCUT2D eigenvalue weighted by molar-refractivity contribution is 0.604. The highest BCUT2D eigenvalue weighted by molar-refractivity contribution is 7.09. The van der Waals surface area contributed by atoms with Crippen molar-refractivity contribution in [1.29, 1.82) is 0 Å². The molecule has 17 heavy (non-hydrogen) atoms. The lowest BCUT2D eigenvalue weighted by Gasteiger charge is -2.26. The smallest absolute Gasteiger partial charge is 0.117 e. The van der Waals surface area contributed by atoms with Crippen molar-refractivity contribution in [2.24, 2.45) is 0 Å². The molecule has 0 aliphatic rings. The first-order valence-electron chi connectivity index (χ1n) is 5.54. The summed E-state index contributed by atoms with van der Waals surface area (Å²) in [7, 11) is 0. The average molecular weight is 247 g/mol. The van der Waals surface area contributed by atoms with Crippen LogP contribution in [-0.2, 0) is 5.54 Å². The zero-order valence-corrected chi connectivity index (χ0v) is 11.1. The number of anilines is 2. The lowest BCUT2D eigenvalue weighted by Crippen LogP contribution is -2.28. The molecule has 1 aromatic heterocycles. The Balaban J connectivity index is 2.29. The van der Waals surface area contributed by atoms with Gasteiger partial charge in [0.15, 0.2) is 0 Å². The third-order valence-corrected chi connectivity index (χ3v) is 3.84. The van der Waals surface area contributed by atoms with E-state index >= 15 is 0 Å². The fourth-order valence-corrected chi connectivity index (χ4v) is 2.43. The molecule has 3 N–H and O–H groups in total. The number of aryl methyl sites for hydroxylation is 1. The first-order chi connectivity index (χ1) is 8.00. The van der Waals surface area contributed by atoms with E-state index in [2.05, 4.69) is 24.1 Å². The molecule has 0 fully saturated rings. The van der Waals surface area contributed by atoms with Crippen molar-refractivity contribution >= 4 is 22.7 Å². The minimum atomic E-state index is -0.212. The van der Waals surface area contributed by atoms with E-state index < -0.39 is 0 Å². The number of thiazole rings is 1. The predicted octanol–water partition coefficient (Wildman–Crippen LogP) is 3.38. The quantitative estimate of drug-likeness (QED) is 0.817. The van der Waals surface area contributed by atoms with Gasteiger partial charge in [-0.15, -0.1) is 11.3 Å². The Morgan fingerprint density at radius 1 is 1.35 bits per heavy atom. The number of nitrogens with one attached hydrogen (secondary N) is 1. The Kier molecular flexibility index (Phi) is 3.07. The first kappa shape index (κ1) is 11.9. The number of hydrogen-bond donors (Lipinski definition) is 2. The van der Waals surface area contributed by atoms with Gasteiger partial charge in [-0.3, -0.25) is 0 Å². The summed E-state index contributed by atoms with van der Waals surface area (Å²) < 4.78 is 0. The molecule has 0 aliphatic carbocycles. The number of hydrogen-bond acceptors (Lipinski definition) is 4. The van der Waals surface area contributed by atoms with E-state index in [0.29, 0.717) is 0 Å². The highest BCUT2D eigenvalue weighted by Gasteiger charge is 2.23. The summed E-state index contributed by atoms with van der Waals surface area (Å²) >= 11 is 1.64. The zero-order valence-electron chi connectivity index (χ0n) is 10.3.